The topological polar surface area (TPSA) is 126 Å². The number of rotatable bonds is 13. The van der Waals surface area contributed by atoms with Crippen molar-refractivity contribution in [3.8, 4) is 17.5 Å². The van der Waals surface area contributed by atoms with E-state index in [-0.39, 0.29) is 11.5 Å². The molecule has 2 heterocycles. The second-order valence-corrected chi connectivity index (χ2v) is 15.0. The first-order chi connectivity index (χ1) is 24.7. The van der Waals surface area contributed by atoms with Gasteiger partial charge in [-0.05, 0) is 59.6 Å². The molecule has 0 bridgehead atoms. The van der Waals surface area contributed by atoms with Gasteiger partial charge < -0.3 is 23.4 Å². The Morgan fingerprint density at radius 3 is 1.87 bits per heavy atom. The summed E-state index contributed by atoms with van der Waals surface area (Å²) in [6, 6.07) is 8.20. The molecule has 0 N–H and O–H groups in total. The number of hydrogen-bond acceptors (Lipinski definition) is 10. The normalized spacial score (nSPS) is 13.8. The number of halogens is 6. The first-order valence-electron chi connectivity index (χ1n) is 16.6. The molecular formula is C37H44F6N4O7. The van der Waals surface area contributed by atoms with Crippen molar-refractivity contribution in [2.24, 2.45) is 5.41 Å². The first kappa shape index (κ1) is 43.5. The number of alkyl halides is 6. The number of hydrogen-bond donors (Lipinski definition) is 0. The minimum atomic E-state index is -5.22. The molecule has 2 aromatic heterocycles. The van der Waals surface area contributed by atoms with Gasteiger partial charge in [-0.25, -0.2) is 14.6 Å². The Kier molecular flexibility index (Phi) is 13.0. The summed E-state index contributed by atoms with van der Waals surface area (Å²) in [6.45, 7) is 18.0. The number of imide groups is 1. The third-order valence-electron chi connectivity index (χ3n) is 7.15. The molecule has 0 saturated carbocycles. The van der Waals surface area contributed by atoms with E-state index in [1.54, 1.807) is 32.0 Å². The molecule has 0 saturated heterocycles. The maximum Gasteiger partial charge on any atom is 0.426 e. The molecule has 0 radical (unpaired) electrons. The maximum atomic E-state index is 15.0. The lowest BCUT2D eigenvalue weighted by Gasteiger charge is -2.31. The Bertz CT molecular complexity index is 1770. The number of carbonyl (C=O) groups is 2. The van der Waals surface area contributed by atoms with Crippen LogP contribution in [0, 0.1) is 5.41 Å². The number of amides is 2. The fraction of sp³-hybridized carbons (Fsp3) is 0.486. The van der Waals surface area contributed by atoms with Crippen molar-refractivity contribution in [2.75, 3.05) is 11.5 Å². The van der Waals surface area contributed by atoms with E-state index in [1.807, 2.05) is 0 Å². The van der Waals surface area contributed by atoms with E-state index >= 15 is 13.2 Å². The monoisotopic (exact) mass is 770 g/mol. The van der Waals surface area contributed by atoms with Crippen LogP contribution in [0.4, 0.5) is 41.6 Å². The van der Waals surface area contributed by atoms with Crippen LogP contribution in [0.1, 0.15) is 85.2 Å². The highest BCUT2D eigenvalue weighted by atomic mass is 19.4. The van der Waals surface area contributed by atoms with Crippen molar-refractivity contribution in [3.05, 3.63) is 78.7 Å². The van der Waals surface area contributed by atoms with Crippen molar-refractivity contribution < 1.29 is 59.3 Å². The van der Waals surface area contributed by atoms with Gasteiger partial charge in [0.15, 0.2) is 5.69 Å². The molecule has 0 spiro atoms. The minimum absolute atomic E-state index is 0.107. The highest BCUT2D eigenvalue weighted by Crippen LogP contribution is 2.47. The van der Waals surface area contributed by atoms with Crippen molar-refractivity contribution in [2.45, 2.75) is 104 Å². The second-order valence-electron chi connectivity index (χ2n) is 15.0. The van der Waals surface area contributed by atoms with Gasteiger partial charge in [-0.1, -0.05) is 56.3 Å². The summed E-state index contributed by atoms with van der Waals surface area (Å²) in [5.74, 6) is -3.19. The zero-order valence-corrected chi connectivity index (χ0v) is 31.3. The van der Waals surface area contributed by atoms with Crippen molar-refractivity contribution in [1.82, 2.24) is 15.2 Å². The van der Waals surface area contributed by atoms with Crippen molar-refractivity contribution in [3.63, 3.8) is 0 Å². The summed E-state index contributed by atoms with van der Waals surface area (Å²) in [4.78, 5) is 31.4. The Labute approximate surface area is 309 Å². The number of aromatic nitrogens is 3. The molecule has 296 valence electrons. The van der Waals surface area contributed by atoms with Gasteiger partial charge in [-0.15, -0.1) is 23.4 Å². The minimum Gasteiger partial charge on any atom is -0.477 e. The lowest BCUT2D eigenvalue weighted by molar-refractivity contribution is -0.295. The lowest BCUT2D eigenvalue weighted by Crippen LogP contribution is -2.45. The van der Waals surface area contributed by atoms with Gasteiger partial charge in [0.2, 0.25) is 11.5 Å². The van der Waals surface area contributed by atoms with Crippen LogP contribution in [0.25, 0.3) is 11.6 Å². The maximum absolute atomic E-state index is 15.0. The number of pyridine rings is 1. The third-order valence-corrected chi connectivity index (χ3v) is 7.15. The molecule has 1 atom stereocenters. The average molecular weight is 771 g/mol. The summed E-state index contributed by atoms with van der Waals surface area (Å²) >= 11 is 0. The van der Waals surface area contributed by atoms with Crippen LogP contribution in [-0.4, -0.2) is 51.4 Å². The zero-order chi connectivity index (χ0) is 40.9. The van der Waals surface area contributed by atoms with Crippen LogP contribution < -0.4 is 9.64 Å². The highest BCUT2D eigenvalue weighted by Gasteiger charge is 2.61. The van der Waals surface area contributed by atoms with E-state index < -0.39 is 94.4 Å². The highest BCUT2D eigenvalue weighted by molar-refractivity contribution is 6.11. The van der Waals surface area contributed by atoms with E-state index in [0.717, 1.165) is 6.08 Å². The molecule has 54 heavy (non-hydrogen) atoms. The van der Waals surface area contributed by atoms with Gasteiger partial charge in [0, 0.05) is 11.8 Å². The lowest BCUT2D eigenvalue weighted by atomic mass is 9.91. The predicted octanol–water partition coefficient (Wildman–Crippen LogP) is 10.4. The molecule has 0 unspecified atom stereocenters. The molecule has 3 aromatic rings. The predicted molar refractivity (Wildman–Crippen MR) is 185 cm³/mol. The number of nitrogens with zero attached hydrogens (tertiary/aromatic N) is 4. The number of benzene rings is 1. The fourth-order valence-corrected chi connectivity index (χ4v) is 4.72. The molecular weight excluding hydrogens is 726 g/mol. The molecule has 0 aliphatic rings. The van der Waals surface area contributed by atoms with Crippen LogP contribution in [0.5, 0.6) is 5.88 Å². The Morgan fingerprint density at radius 2 is 1.39 bits per heavy atom. The number of ether oxygens (including phenoxy) is 4. The van der Waals surface area contributed by atoms with E-state index in [0.29, 0.717) is 18.1 Å². The largest absolute Gasteiger partial charge is 0.477 e. The first-order valence-corrected chi connectivity index (χ1v) is 16.6. The van der Waals surface area contributed by atoms with Gasteiger partial charge in [0.25, 0.3) is 11.8 Å². The molecule has 11 nitrogen and oxygen atoms in total. The molecule has 0 aliphatic heterocycles. The number of anilines is 1. The van der Waals surface area contributed by atoms with Crippen LogP contribution in [0.3, 0.4) is 0 Å². The van der Waals surface area contributed by atoms with Gasteiger partial charge in [-0.3, -0.25) is 0 Å². The van der Waals surface area contributed by atoms with E-state index in [9.17, 15) is 22.8 Å². The van der Waals surface area contributed by atoms with Gasteiger partial charge in [0.05, 0.1) is 18.9 Å². The second kappa shape index (κ2) is 16.2. The Morgan fingerprint density at radius 1 is 0.833 bits per heavy atom. The van der Waals surface area contributed by atoms with Crippen molar-refractivity contribution in [1.29, 1.82) is 0 Å². The smallest absolute Gasteiger partial charge is 0.426 e. The van der Waals surface area contributed by atoms with Gasteiger partial charge in [-0.2, -0.15) is 31.2 Å². The van der Waals surface area contributed by atoms with Crippen LogP contribution in [0.2, 0.25) is 0 Å². The summed E-state index contributed by atoms with van der Waals surface area (Å²) in [5.41, 5.74) is -9.73. The summed E-state index contributed by atoms with van der Waals surface area (Å²) in [6.07, 6.45) is -11.7. The summed E-state index contributed by atoms with van der Waals surface area (Å²) < 4.78 is 117. The van der Waals surface area contributed by atoms with E-state index in [2.05, 4.69) is 28.3 Å². The van der Waals surface area contributed by atoms with E-state index in [1.165, 1.54) is 59.8 Å². The van der Waals surface area contributed by atoms with Crippen LogP contribution >= 0.6 is 0 Å². The summed E-state index contributed by atoms with van der Waals surface area (Å²) in [5, 5.41) is 7.32. The Hall–Kier alpha value is -4.93. The summed E-state index contributed by atoms with van der Waals surface area (Å²) in [7, 11) is 0. The molecule has 0 aliphatic carbocycles. The third kappa shape index (κ3) is 11.1. The van der Waals surface area contributed by atoms with Gasteiger partial charge in [0.1, 0.15) is 16.8 Å². The van der Waals surface area contributed by atoms with Crippen molar-refractivity contribution >= 4 is 17.9 Å². The quantitative estimate of drug-likeness (QED) is 0.122. The number of carbonyl (C=O) groups excluding carboxylic acids is 2. The van der Waals surface area contributed by atoms with Crippen LogP contribution in [0.15, 0.2) is 66.1 Å². The van der Waals surface area contributed by atoms with Crippen LogP contribution in [-0.2, 0) is 32.6 Å². The molecule has 0 fully saturated rings. The standard InChI is InChI=1S/C37H44F6N4O7/c1-11-18-34(9,10)22-50-27-24(36(38,39)40)20-25(47(30(48)53-32(3,4)5)31(49)54-33(6,7)8)26(44-27)28-45-46-29(52-28)35(19-12-2,37(41,42)43)51-21-23-16-14-13-15-17-23/h11-17,20H,1-2,18-19,21-22H2,3-10H3/t35-/m1/s1. The molecule has 2 amide bonds. The average Bonchev–Trinajstić information content (AvgIpc) is 3.50. The Balaban J connectivity index is 2.42. The molecule has 17 heteroatoms. The molecule has 3 rings (SSSR count). The van der Waals surface area contributed by atoms with E-state index in [4.69, 9.17) is 23.4 Å². The number of allylic oxidation sites excluding steroid dienone is 1. The van der Waals surface area contributed by atoms with Gasteiger partial charge >= 0.3 is 24.5 Å². The zero-order valence-electron chi connectivity index (χ0n) is 31.3. The molecule has 1 aromatic carbocycles. The fourth-order valence-electron chi connectivity index (χ4n) is 4.72. The SMILES string of the molecule is C=CCC(C)(C)COc1nc(-c2nnc([C@@](CC=C)(OCc3ccccc3)C(F)(F)F)o2)c(N(C(=O)OC(C)(C)C)C(=O)OC(C)(C)C)cc1C(F)(F)F.